The molecule has 0 radical (unpaired) electrons. The fraction of sp³-hybridized carbons (Fsp3) is 0.462. The highest BCUT2D eigenvalue weighted by molar-refractivity contribution is 6.43. The van der Waals surface area contributed by atoms with E-state index in [1.807, 2.05) is 0 Å². The van der Waals surface area contributed by atoms with Crippen LogP contribution in [0.5, 0.6) is 0 Å². The van der Waals surface area contributed by atoms with E-state index in [4.69, 9.17) is 23.2 Å². The van der Waals surface area contributed by atoms with E-state index in [-0.39, 0.29) is 27.2 Å². The summed E-state index contributed by atoms with van der Waals surface area (Å²) in [5.74, 6) is -0.386. The van der Waals surface area contributed by atoms with Gasteiger partial charge in [0.1, 0.15) is 5.02 Å². The lowest BCUT2D eigenvalue weighted by Crippen LogP contribution is -2.24. The maximum Gasteiger partial charge on any atom is 0.290 e. The van der Waals surface area contributed by atoms with Gasteiger partial charge in [-0.25, -0.2) is 0 Å². The van der Waals surface area contributed by atoms with Crippen LogP contribution in [0.15, 0.2) is 12.1 Å². The normalized spacial score (nSPS) is 10.3. The van der Waals surface area contributed by atoms with Crippen LogP contribution in [-0.2, 0) is 0 Å². The van der Waals surface area contributed by atoms with Crippen molar-refractivity contribution in [3.63, 3.8) is 0 Å². The van der Waals surface area contributed by atoms with Crippen molar-refractivity contribution in [1.82, 2.24) is 5.32 Å². The molecule has 0 bridgehead atoms. The first kappa shape index (κ1) is 16.7. The third-order valence-corrected chi connectivity index (χ3v) is 3.58. The number of unbranched alkanes of at least 4 members (excludes halogenated alkanes) is 3. The van der Waals surface area contributed by atoms with Crippen molar-refractivity contribution in [3.05, 3.63) is 37.9 Å². The molecule has 0 aromatic heterocycles. The van der Waals surface area contributed by atoms with Crippen molar-refractivity contribution in [2.24, 2.45) is 0 Å². The van der Waals surface area contributed by atoms with Crippen LogP contribution in [0.3, 0.4) is 0 Å². The quantitative estimate of drug-likeness (QED) is 0.465. The van der Waals surface area contributed by atoms with E-state index in [1.54, 1.807) is 0 Å². The zero-order valence-corrected chi connectivity index (χ0v) is 12.6. The molecule has 0 spiro atoms. The molecule has 0 heterocycles. The molecule has 1 rings (SSSR count). The molecule has 0 fully saturated rings. The molecular formula is C13H16Cl2N2O3. The molecule has 1 N–H and O–H groups in total. The van der Waals surface area contributed by atoms with Gasteiger partial charge in [0, 0.05) is 18.2 Å². The number of amides is 1. The molecule has 0 unspecified atom stereocenters. The summed E-state index contributed by atoms with van der Waals surface area (Å²) >= 11 is 11.5. The van der Waals surface area contributed by atoms with E-state index in [9.17, 15) is 14.9 Å². The van der Waals surface area contributed by atoms with Gasteiger partial charge >= 0.3 is 0 Å². The third kappa shape index (κ3) is 4.65. The number of nitro benzene ring substituents is 1. The Morgan fingerprint density at radius 3 is 2.60 bits per heavy atom. The fourth-order valence-corrected chi connectivity index (χ4v) is 2.09. The second-order valence-electron chi connectivity index (χ2n) is 4.36. The number of nitro groups is 1. The number of benzene rings is 1. The summed E-state index contributed by atoms with van der Waals surface area (Å²) in [6.45, 7) is 2.64. The zero-order valence-electron chi connectivity index (χ0n) is 11.1. The number of halogens is 2. The maximum atomic E-state index is 11.9. The van der Waals surface area contributed by atoms with Gasteiger partial charge in [0.15, 0.2) is 0 Å². The molecule has 0 saturated carbocycles. The third-order valence-electron chi connectivity index (χ3n) is 2.78. The lowest BCUT2D eigenvalue weighted by atomic mass is 10.1. The van der Waals surface area contributed by atoms with Gasteiger partial charge in [-0.2, -0.15) is 0 Å². The number of carbonyl (C=O) groups is 1. The Bertz CT molecular complexity index is 507. The van der Waals surface area contributed by atoms with Crippen LogP contribution >= 0.6 is 23.2 Å². The first-order valence-corrected chi connectivity index (χ1v) is 7.14. The highest BCUT2D eigenvalue weighted by atomic mass is 35.5. The molecule has 0 aliphatic heterocycles. The van der Waals surface area contributed by atoms with Crippen molar-refractivity contribution in [1.29, 1.82) is 0 Å². The summed E-state index contributed by atoms with van der Waals surface area (Å²) in [5, 5.41) is 13.4. The highest BCUT2D eigenvalue weighted by Gasteiger charge is 2.19. The van der Waals surface area contributed by atoms with E-state index in [0.717, 1.165) is 31.7 Å². The van der Waals surface area contributed by atoms with Crippen molar-refractivity contribution in [3.8, 4) is 0 Å². The Hall–Kier alpha value is -1.33. The van der Waals surface area contributed by atoms with Crippen LogP contribution in [0.4, 0.5) is 5.69 Å². The van der Waals surface area contributed by atoms with Gasteiger partial charge in [-0.1, -0.05) is 49.4 Å². The topological polar surface area (TPSA) is 72.2 Å². The van der Waals surface area contributed by atoms with Gasteiger partial charge in [-0.05, 0) is 12.5 Å². The summed E-state index contributed by atoms with van der Waals surface area (Å²) in [6, 6.07) is 2.47. The Morgan fingerprint density at radius 2 is 2.00 bits per heavy atom. The van der Waals surface area contributed by atoms with Gasteiger partial charge < -0.3 is 5.32 Å². The lowest BCUT2D eigenvalue weighted by Gasteiger charge is -2.06. The smallest absolute Gasteiger partial charge is 0.290 e. The Kier molecular flexibility index (Phi) is 6.75. The SMILES string of the molecule is CCCCCCNC(=O)c1cc(Cl)c(Cl)c([N+](=O)[O-])c1. The van der Waals surface area contributed by atoms with Crippen molar-refractivity contribution in [2.75, 3.05) is 6.54 Å². The molecular weight excluding hydrogens is 303 g/mol. The molecule has 1 amide bonds. The molecule has 0 saturated heterocycles. The van der Waals surface area contributed by atoms with E-state index < -0.39 is 4.92 Å². The average molecular weight is 319 g/mol. The predicted molar refractivity (Wildman–Crippen MR) is 79.6 cm³/mol. The molecule has 0 atom stereocenters. The van der Waals surface area contributed by atoms with Crippen molar-refractivity contribution >= 4 is 34.8 Å². The average Bonchev–Trinajstić information content (AvgIpc) is 2.40. The second-order valence-corrected chi connectivity index (χ2v) is 5.15. The molecule has 20 heavy (non-hydrogen) atoms. The van der Waals surface area contributed by atoms with Crippen LogP contribution in [0.1, 0.15) is 43.0 Å². The van der Waals surface area contributed by atoms with E-state index in [0.29, 0.717) is 6.54 Å². The molecule has 0 aliphatic carbocycles. The largest absolute Gasteiger partial charge is 0.352 e. The number of carbonyl (C=O) groups excluding carboxylic acids is 1. The summed E-state index contributed by atoms with van der Waals surface area (Å²) < 4.78 is 0. The first-order chi connectivity index (χ1) is 9.47. The van der Waals surface area contributed by atoms with E-state index in [2.05, 4.69) is 12.2 Å². The predicted octanol–water partition coefficient (Wildman–Crippen LogP) is 4.21. The van der Waals surface area contributed by atoms with E-state index in [1.165, 1.54) is 6.07 Å². The first-order valence-electron chi connectivity index (χ1n) is 6.39. The highest BCUT2D eigenvalue weighted by Crippen LogP contribution is 2.32. The Morgan fingerprint density at radius 1 is 1.30 bits per heavy atom. The fourth-order valence-electron chi connectivity index (χ4n) is 1.69. The molecule has 5 nitrogen and oxygen atoms in total. The van der Waals surface area contributed by atoms with Gasteiger partial charge in [-0.3, -0.25) is 14.9 Å². The standard InChI is InChI=1S/C13H16Cl2N2O3/c1-2-3-4-5-6-16-13(18)9-7-10(14)12(15)11(8-9)17(19)20/h7-8H,2-6H2,1H3,(H,16,18). The van der Waals surface area contributed by atoms with Crippen LogP contribution in [0.25, 0.3) is 0 Å². The van der Waals surface area contributed by atoms with Crippen LogP contribution < -0.4 is 5.32 Å². The summed E-state index contributed by atoms with van der Waals surface area (Å²) in [5.41, 5.74) is -0.225. The molecule has 1 aromatic rings. The van der Waals surface area contributed by atoms with E-state index >= 15 is 0 Å². The minimum Gasteiger partial charge on any atom is -0.352 e. The van der Waals surface area contributed by atoms with Gasteiger partial charge in [0.05, 0.1) is 9.95 Å². The van der Waals surface area contributed by atoms with Crippen molar-refractivity contribution in [2.45, 2.75) is 32.6 Å². The number of rotatable bonds is 7. The molecule has 7 heteroatoms. The monoisotopic (exact) mass is 318 g/mol. The zero-order chi connectivity index (χ0) is 15.1. The summed E-state index contributed by atoms with van der Waals surface area (Å²) in [6.07, 6.45) is 4.16. The van der Waals surface area contributed by atoms with Crippen LogP contribution in [0.2, 0.25) is 10.0 Å². The molecule has 110 valence electrons. The molecule has 1 aromatic carbocycles. The molecule has 0 aliphatic rings. The number of hydrogen-bond donors (Lipinski definition) is 1. The maximum absolute atomic E-state index is 11.9. The number of nitrogens with zero attached hydrogens (tertiary/aromatic N) is 1. The van der Waals surface area contributed by atoms with Gasteiger partial charge in [0.25, 0.3) is 11.6 Å². The van der Waals surface area contributed by atoms with Crippen LogP contribution in [0, 0.1) is 10.1 Å². The minimum absolute atomic E-state index is 0.00278. The van der Waals surface area contributed by atoms with Gasteiger partial charge in [-0.15, -0.1) is 0 Å². The summed E-state index contributed by atoms with van der Waals surface area (Å²) in [4.78, 5) is 22.0. The number of nitrogens with one attached hydrogen (secondary N) is 1. The Balaban J connectivity index is 2.71. The summed E-state index contributed by atoms with van der Waals surface area (Å²) in [7, 11) is 0. The second kappa shape index (κ2) is 8.07. The van der Waals surface area contributed by atoms with Crippen molar-refractivity contribution < 1.29 is 9.72 Å². The van der Waals surface area contributed by atoms with Crippen LogP contribution in [-0.4, -0.2) is 17.4 Å². The lowest BCUT2D eigenvalue weighted by molar-refractivity contribution is -0.384. The Labute approximate surface area is 127 Å². The van der Waals surface area contributed by atoms with Gasteiger partial charge in [0.2, 0.25) is 0 Å². The minimum atomic E-state index is -0.660. The number of hydrogen-bond acceptors (Lipinski definition) is 3.